The van der Waals surface area contributed by atoms with Crippen molar-refractivity contribution in [3.63, 3.8) is 0 Å². The number of nitrogens with one attached hydrogen (secondary N) is 2. The fraction of sp³-hybridized carbons (Fsp3) is 0.0769. The Morgan fingerprint density at radius 1 is 1.25 bits per heavy atom. The van der Waals surface area contributed by atoms with Crippen LogP contribution in [0.3, 0.4) is 0 Å². The van der Waals surface area contributed by atoms with Gasteiger partial charge in [0.05, 0.1) is 11.1 Å². The van der Waals surface area contributed by atoms with E-state index in [4.69, 9.17) is 0 Å². The number of para-hydroxylation sites is 1. The van der Waals surface area contributed by atoms with E-state index in [1.54, 1.807) is 19.2 Å². The molecular weight excluding hydrogens is 343 g/mol. The zero-order chi connectivity index (χ0) is 14.1. The van der Waals surface area contributed by atoms with Crippen LogP contribution < -0.4 is 10.6 Å². The minimum Gasteiger partial charge on any atom is -0.357 e. The Labute approximate surface area is 127 Å². The molecule has 102 valence electrons. The van der Waals surface area contributed by atoms with E-state index >= 15 is 0 Å². The van der Waals surface area contributed by atoms with Crippen LogP contribution in [0, 0.1) is 5.82 Å². The van der Waals surface area contributed by atoms with E-state index in [2.05, 4.69) is 36.5 Å². The summed E-state index contributed by atoms with van der Waals surface area (Å²) in [7, 11) is 1.75. The van der Waals surface area contributed by atoms with Gasteiger partial charge in [0.25, 0.3) is 0 Å². The van der Waals surface area contributed by atoms with E-state index < -0.39 is 0 Å². The van der Waals surface area contributed by atoms with Gasteiger partial charge < -0.3 is 10.6 Å². The monoisotopic (exact) mass is 352 g/mol. The molecule has 7 heteroatoms. The van der Waals surface area contributed by atoms with Gasteiger partial charge in [0.15, 0.2) is 0 Å². The molecule has 2 heterocycles. The quantitative estimate of drug-likeness (QED) is 0.734. The third-order valence-electron chi connectivity index (χ3n) is 2.75. The molecule has 2 aromatic heterocycles. The summed E-state index contributed by atoms with van der Waals surface area (Å²) < 4.78 is 14.5. The van der Waals surface area contributed by atoms with Gasteiger partial charge in [0.1, 0.15) is 16.5 Å². The van der Waals surface area contributed by atoms with E-state index in [9.17, 15) is 4.39 Å². The van der Waals surface area contributed by atoms with Crippen LogP contribution in [-0.2, 0) is 0 Å². The molecular formula is C13H10BrFN4S. The summed E-state index contributed by atoms with van der Waals surface area (Å²) in [6, 6.07) is 6.73. The summed E-state index contributed by atoms with van der Waals surface area (Å²) in [5.74, 6) is 0.730. The second kappa shape index (κ2) is 5.34. The maximum Gasteiger partial charge on any atom is 0.225 e. The summed E-state index contributed by atoms with van der Waals surface area (Å²) in [4.78, 5) is 9.55. The number of halogens is 2. The second-order valence-corrected chi connectivity index (χ2v) is 5.76. The Morgan fingerprint density at radius 2 is 2.10 bits per heavy atom. The lowest BCUT2D eigenvalue weighted by molar-refractivity contribution is 0.631. The van der Waals surface area contributed by atoms with Gasteiger partial charge in [-0.3, -0.25) is 0 Å². The first-order valence-electron chi connectivity index (χ1n) is 5.83. The first kappa shape index (κ1) is 13.3. The van der Waals surface area contributed by atoms with Crippen molar-refractivity contribution in [2.45, 2.75) is 0 Å². The average Bonchev–Trinajstić information content (AvgIpc) is 2.91. The summed E-state index contributed by atoms with van der Waals surface area (Å²) in [6.45, 7) is 0. The molecule has 0 aliphatic carbocycles. The van der Waals surface area contributed by atoms with E-state index in [0.717, 1.165) is 10.2 Å². The maximum absolute atomic E-state index is 13.9. The number of fused-ring (bicyclic) bond motifs is 1. The average molecular weight is 353 g/mol. The van der Waals surface area contributed by atoms with Crippen LogP contribution in [0.4, 0.5) is 21.8 Å². The van der Waals surface area contributed by atoms with E-state index in [0.29, 0.717) is 21.9 Å². The lowest BCUT2D eigenvalue weighted by Gasteiger charge is -2.11. The summed E-state index contributed by atoms with van der Waals surface area (Å²) in [5.41, 5.74) is 0.362. The molecule has 0 radical (unpaired) electrons. The number of anilines is 3. The normalized spacial score (nSPS) is 10.8. The van der Waals surface area contributed by atoms with Crippen molar-refractivity contribution in [3.8, 4) is 0 Å². The van der Waals surface area contributed by atoms with Crippen LogP contribution in [0.5, 0.6) is 0 Å². The smallest absolute Gasteiger partial charge is 0.225 e. The van der Waals surface area contributed by atoms with Crippen LogP contribution >= 0.6 is 27.3 Å². The standard InChI is InChI=1S/C13H10BrFN4S/c1-16-13-18-11(7-5-6-20-12(7)19-13)17-10-8(14)3-2-4-9(10)15/h2-6H,1H3,(H2,16,17,18,19). The number of thiophene rings is 1. The molecule has 0 saturated carbocycles. The highest BCUT2D eigenvalue weighted by Crippen LogP contribution is 2.32. The molecule has 0 unspecified atom stereocenters. The number of hydrogen-bond acceptors (Lipinski definition) is 5. The molecule has 0 amide bonds. The van der Waals surface area contributed by atoms with E-state index in [1.165, 1.54) is 17.4 Å². The molecule has 0 spiro atoms. The highest BCUT2D eigenvalue weighted by Gasteiger charge is 2.12. The molecule has 4 nitrogen and oxygen atoms in total. The molecule has 0 saturated heterocycles. The Morgan fingerprint density at radius 3 is 2.85 bits per heavy atom. The first-order valence-corrected chi connectivity index (χ1v) is 7.50. The number of benzene rings is 1. The molecule has 0 atom stereocenters. The van der Waals surface area contributed by atoms with Crippen LogP contribution in [0.1, 0.15) is 0 Å². The largest absolute Gasteiger partial charge is 0.357 e. The Balaban J connectivity index is 2.12. The van der Waals surface area contributed by atoms with Crippen molar-refractivity contribution in [3.05, 3.63) is 39.9 Å². The highest BCUT2D eigenvalue weighted by atomic mass is 79.9. The minimum atomic E-state index is -0.340. The molecule has 3 rings (SSSR count). The van der Waals surface area contributed by atoms with Gasteiger partial charge in [-0.25, -0.2) is 9.37 Å². The van der Waals surface area contributed by atoms with Gasteiger partial charge in [-0.05, 0) is 39.5 Å². The lowest BCUT2D eigenvalue weighted by atomic mass is 10.3. The Bertz CT molecular complexity index is 754. The fourth-order valence-electron chi connectivity index (χ4n) is 1.80. The van der Waals surface area contributed by atoms with Crippen molar-refractivity contribution in [1.29, 1.82) is 0 Å². The zero-order valence-corrected chi connectivity index (χ0v) is 12.8. The van der Waals surface area contributed by atoms with Crippen molar-refractivity contribution < 1.29 is 4.39 Å². The van der Waals surface area contributed by atoms with Gasteiger partial charge in [0, 0.05) is 11.5 Å². The van der Waals surface area contributed by atoms with Gasteiger partial charge in [0.2, 0.25) is 5.95 Å². The lowest BCUT2D eigenvalue weighted by Crippen LogP contribution is -2.02. The molecule has 3 aromatic rings. The molecule has 0 bridgehead atoms. The van der Waals surface area contributed by atoms with Crippen molar-refractivity contribution in [1.82, 2.24) is 9.97 Å². The predicted molar refractivity (Wildman–Crippen MR) is 84.3 cm³/mol. The molecule has 0 aliphatic rings. The molecule has 2 N–H and O–H groups in total. The summed E-state index contributed by atoms with van der Waals surface area (Å²) >= 11 is 4.85. The summed E-state index contributed by atoms with van der Waals surface area (Å²) in [6.07, 6.45) is 0. The Kier molecular flexibility index (Phi) is 3.54. The topological polar surface area (TPSA) is 49.8 Å². The van der Waals surface area contributed by atoms with Gasteiger partial charge in [-0.15, -0.1) is 11.3 Å². The Hall–Kier alpha value is -1.73. The third kappa shape index (κ3) is 2.34. The van der Waals surface area contributed by atoms with Crippen molar-refractivity contribution >= 4 is 54.9 Å². The van der Waals surface area contributed by atoms with Gasteiger partial charge in [-0.1, -0.05) is 6.07 Å². The van der Waals surface area contributed by atoms with Crippen molar-refractivity contribution in [2.75, 3.05) is 17.7 Å². The van der Waals surface area contributed by atoms with Crippen LogP contribution in [-0.4, -0.2) is 17.0 Å². The SMILES string of the molecule is CNc1nc(Nc2c(F)cccc2Br)c2ccsc2n1. The van der Waals surface area contributed by atoms with Crippen LogP contribution in [0.15, 0.2) is 34.1 Å². The molecule has 0 fully saturated rings. The maximum atomic E-state index is 13.9. The zero-order valence-electron chi connectivity index (χ0n) is 10.4. The van der Waals surface area contributed by atoms with Crippen LogP contribution in [0.25, 0.3) is 10.2 Å². The fourth-order valence-corrected chi connectivity index (χ4v) is 3.00. The minimum absolute atomic E-state index is 0.340. The summed E-state index contributed by atoms with van der Waals surface area (Å²) in [5, 5.41) is 8.74. The van der Waals surface area contributed by atoms with E-state index in [-0.39, 0.29) is 5.82 Å². The molecule has 0 aliphatic heterocycles. The van der Waals surface area contributed by atoms with Crippen LogP contribution in [0.2, 0.25) is 0 Å². The predicted octanol–water partition coefficient (Wildman–Crippen LogP) is 4.38. The van der Waals surface area contributed by atoms with E-state index in [1.807, 2.05) is 11.4 Å². The second-order valence-electron chi connectivity index (χ2n) is 4.01. The highest BCUT2D eigenvalue weighted by molar-refractivity contribution is 9.10. The van der Waals surface area contributed by atoms with Crippen molar-refractivity contribution in [2.24, 2.45) is 0 Å². The molecule has 1 aromatic carbocycles. The third-order valence-corrected chi connectivity index (χ3v) is 4.22. The molecule has 20 heavy (non-hydrogen) atoms. The van der Waals surface area contributed by atoms with Gasteiger partial charge >= 0.3 is 0 Å². The number of hydrogen-bond donors (Lipinski definition) is 2. The number of rotatable bonds is 3. The van der Waals surface area contributed by atoms with Gasteiger partial charge in [-0.2, -0.15) is 4.98 Å². The first-order chi connectivity index (χ1) is 9.69. The number of nitrogens with zero attached hydrogens (tertiary/aromatic N) is 2. The number of aromatic nitrogens is 2.